The van der Waals surface area contributed by atoms with E-state index in [0.717, 1.165) is 45.5 Å². The third-order valence-corrected chi connectivity index (χ3v) is 6.31. The molecule has 2 saturated heterocycles. The summed E-state index contributed by atoms with van der Waals surface area (Å²) in [6.45, 7) is 2.74. The number of benzene rings is 2. The Labute approximate surface area is 192 Å². The summed E-state index contributed by atoms with van der Waals surface area (Å²) in [6.07, 6.45) is 1.65. The van der Waals surface area contributed by atoms with Crippen molar-refractivity contribution in [1.29, 1.82) is 0 Å². The molecule has 0 saturated carbocycles. The second-order valence-electron chi connectivity index (χ2n) is 7.01. The topological polar surface area (TPSA) is 79.0 Å². The maximum atomic E-state index is 12.6. The third-order valence-electron chi connectivity index (χ3n) is 4.87. The van der Waals surface area contributed by atoms with Crippen LogP contribution in [0.2, 0.25) is 0 Å². The van der Waals surface area contributed by atoms with Gasteiger partial charge in [-0.25, -0.2) is 0 Å². The average Bonchev–Trinajstić information content (AvgIpc) is 3.04. The Balaban J connectivity index is 1.36. The van der Waals surface area contributed by atoms with Gasteiger partial charge < -0.3 is 15.0 Å². The molecular formula is C22H20BrN3O4S. The molecule has 2 fully saturated rings. The molecule has 0 aromatic heterocycles. The first-order valence-electron chi connectivity index (χ1n) is 9.73. The maximum absolute atomic E-state index is 12.6. The van der Waals surface area contributed by atoms with E-state index in [1.807, 2.05) is 48.5 Å². The Morgan fingerprint density at radius 3 is 2.42 bits per heavy atom. The smallest absolute Gasteiger partial charge is 0.294 e. The van der Waals surface area contributed by atoms with Crippen molar-refractivity contribution in [2.24, 2.45) is 0 Å². The Morgan fingerprint density at radius 2 is 1.74 bits per heavy atom. The highest BCUT2D eigenvalue weighted by molar-refractivity contribution is 9.10. The van der Waals surface area contributed by atoms with Crippen LogP contribution in [-0.2, 0) is 14.3 Å². The van der Waals surface area contributed by atoms with Crippen molar-refractivity contribution in [3.8, 4) is 0 Å². The number of hydrogen-bond acceptors (Lipinski definition) is 6. The third kappa shape index (κ3) is 5.36. The minimum Gasteiger partial charge on any atom is -0.378 e. The summed E-state index contributed by atoms with van der Waals surface area (Å²) in [5.74, 6) is -0.887. The van der Waals surface area contributed by atoms with E-state index in [-0.39, 0.29) is 6.54 Å². The van der Waals surface area contributed by atoms with E-state index in [9.17, 15) is 14.4 Å². The minimum atomic E-state index is -0.462. The number of amides is 3. The van der Waals surface area contributed by atoms with E-state index in [1.54, 1.807) is 6.08 Å². The zero-order valence-electron chi connectivity index (χ0n) is 16.5. The van der Waals surface area contributed by atoms with Crippen molar-refractivity contribution >= 4 is 62.2 Å². The molecule has 3 amide bonds. The van der Waals surface area contributed by atoms with Crippen molar-refractivity contribution in [2.75, 3.05) is 43.1 Å². The summed E-state index contributed by atoms with van der Waals surface area (Å²) in [4.78, 5) is 40.8. The van der Waals surface area contributed by atoms with Gasteiger partial charge in [0.15, 0.2) is 0 Å². The van der Waals surface area contributed by atoms with Crippen LogP contribution in [0.1, 0.15) is 5.56 Å². The summed E-state index contributed by atoms with van der Waals surface area (Å²) < 4.78 is 6.28. The molecule has 0 atom stereocenters. The average molecular weight is 502 g/mol. The van der Waals surface area contributed by atoms with Gasteiger partial charge >= 0.3 is 0 Å². The molecule has 0 radical (unpaired) electrons. The molecule has 2 heterocycles. The van der Waals surface area contributed by atoms with Gasteiger partial charge in [0.2, 0.25) is 5.91 Å². The number of nitrogens with one attached hydrogen (secondary N) is 1. The number of carbonyl (C=O) groups excluding carboxylic acids is 3. The van der Waals surface area contributed by atoms with Gasteiger partial charge in [0.05, 0.1) is 18.1 Å². The van der Waals surface area contributed by atoms with Gasteiger partial charge in [0.25, 0.3) is 11.1 Å². The predicted molar refractivity (Wildman–Crippen MR) is 125 cm³/mol. The normalized spacial score (nSPS) is 18.0. The lowest BCUT2D eigenvalue weighted by molar-refractivity contribution is -0.127. The van der Waals surface area contributed by atoms with Crippen molar-refractivity contribution in [3.05, 3.63) is 63.5 Å². The van der Waals surface area contributed by atoms with E-state index in [4.69, 9.17) is 4.74 Å². The van der Waals surface area contributed by atoms with E-state index >= 15 is 0 Å². The van der Waals surface area contributed by atoms with Crippen LogP contribution in [0.3, 0.4) is 0 Å². The van der Waals surface area contributed by atoms with Crippen molar-refractivity contribution in [2.45, 2.75) is 0 Å². The number of carbonyl (C=O) groups is 3. The monoisotopic (exact) mass is 501 g/mol. The van der Waals surface area contributed by atoms with Crippen LogP contribution in [0.4, 0.5) is 16.2 Å². The number of halogens is 1. The summed E-state index contributed by atoms with van der Waals surface area (Å²) >= 11 is 4.20. The molecular weight excluding hydrogens is 482 g/mol. The second-order valence-corrected chi connectivity index (χ2v) is 8.92. The van der Waals surface area contributed by atoms with Gasteiger partial charge in [-0.05, 0) is 59.8 Å². The molecule has 2 aliphatic rings. The highest BCUT2D eigenvalue weighted by Crippen LogP contribution is 2.32. The summed E-state index contributed by atoms with van der Waals surface area (Å²) in [7, 11) is 0. The Hall–Kier alpha value is -2.62. The molecule has 0 bridgehead atoms. The Bertz CT molecular complexity index is 1020. The molecule has 31 heavy (non-hydrogen) atoms. The van der Waals surface area contributed by atoms with Gasteiger partial charge in [0.1, 0.15) is 6.54 Å². The lowest BCUT2D eigenvalue weighted by Crippen LogP contribution is -2.36. The zero-order chi connectivity index (χ0) is 21.8. The van der Waals surface area contributed by atoms with E-state index in [1.165, 1.54) is 0 Å². The number of ether oxygens (including phenoxy) is 1. The number of anilines is 2. The number of thioether (sulfide) groups is 1. The molecule has 160 valence electrons. The van der Waals surface area contributed by atoms with Crippen LogP contribution >= 0.6 is 27.7 Å². The van der Waals surface area contributed by atoms with Crippen LogP contribution < -0.4 is 10.2 Å². The number of hydrogen-bond donors (Lipinski definition) is 1. The Kier molecular flexibility index (Phi) is 6.74. The molecule has 9 heteroatoms. The SMILES string of the molecule is O=C(CN1C(=O)S/C(=C/c2ccc(Br)cc2)C1=O)Nc1ccc(N2CCOCC2)cc1. The fourth-order valence-corrected chi connectivity index (χ4v) is 4.37. The minimum absolute atomic E-state index is 0.301. The highest BCUT2D eigenvalue weighted by atomic mass is 79.9. The lowest BCUT2D eigenvalue weighted by atomic mass is 10.2. The largest absolute Gasteiger partial charge is 0.378 e. The molecule has 0 unspecified atom stereocenters. The number of imide groups is 1. The standard InChI is InChI=1S/C22H20BrN3O4S/c23-16-3-1-15(2-4-16)13-19-21(28)26(22(29)31-19)14-20(27)24-17-5-7-18(8-6-17)25-9-11-30-12-10-25/h1-8,13H,9-12,14H2,(H,24,27)/b19-13+. The number of morpholine rings is 1. The van der Waals surface area contributed by atoms with Crippen molar-refractivity contribution in [3.63, 3.8) is 0 Å². The molecule has 2 aromatic rings. The van der Waals surface area contributed by atoms with Crippen LogP contribution in [0, 0.1) is 0 Å². The van der Waals surface area contributed by atoms with E-state index < -0.39 is 17.1 Å². The first-order valence-corrected chi connectivity index (χ1v) is 11.3. The molecule has 0 aliphatic carbocycles. The molecule has 1 N–H and O–H groups in total. The van der Waals surface area contributed by atoms with Crippen LogP contribution in [-0.4, -0.2) is 54.8 Å². The fourth-order valence-electron chi connectivity index (χ4n) is 3.27. The van der Waals surface area contributed by atoms with Gasteiger partial charge in [-0.2, -0.15) is 0 Å². The second kappa shape index (κ2) is 9.67. The summed E-state index contributed by atoms with van der Waals surface area (Å²) in [5, 5.41) is 2.30. The lowest BCUT2D eigenvalue weighted by Gasteiger charge is -2.28. The summed E-state index contributed by atoms with van der Waals surface area (Å²) in [5.41, 5.74) is 2.48. The fraction of sp³-hybridized carbons (Fsp3) is 0.227. The first-order chi connectivity index (χ1) is 15.0. The number of rotatable bonds is 5. The molecule has 2 aliphatic heterocycles. The first kappa shape index (κ1) is 21.6. The predicted octanol–water partition coefficient (Wildman–Crippen LogP) is 3.96. The maximum Gasteiger partial charge on any atom is 0.294 e. The van der Waals surface area contributed by atoms with Crippen LogP contribution in [0.15, 0.2) is 57.9 Å². The van der Waals surface area contributed by atoms with Gasteiger partial charge in [-0.1, -0.05) is 28.1 Å². The highest BCUT2D eigenvalue weighted by Gasteiger charge is 2.36. The molecule has 4 rings (SSSR count). The van der Waals surface area contributed by atoms with Crippen molar-refractivity contribution in [1.82, 2.24) is 4.90 Å². The van der Waals surface area contributed by atoms with E-state index in [2.05, 4.69) is 26.1 Å². The van der Waals surface area contributed by atoms with E-state index in [0.29, 0.717) is 23.8 Å². The quantitative estimate of drug-likeness (QED) is 0.624. The number of nitrogens with zero attached hydrogens (tertiary/aromatic N) is 2. The van der Waals surface area contributed by atoms with Gasteiger partial charge in [0, 0.05) is 28.9 Å². The summed E-state index contributed by atoms with van der Waals surface area (Å²) in [6, 6.07) is 14.9. The van der Waals surface area contributed by atoms with Crippen molar-refractivity contribution < 1.29 is 19.1 Å². The molecule has 0 spiro atoms. The van der Waals surface area contributed by atoms with Crippen LogP contribution in [0.5, 0.6) is 0 Å². The molecule has 7 nitrogen and oxygen atoms in total. The molecule has 2 aromatic carbocycles. The Morgan fingerprint density at radius 1 is 1.06 bits per heavy atom. The van der Waals surface area contributed by atoms with Gasteiger partial charge in [-0.15, -0.1) is 0 Å². The van der Waals surface area contributed by atoms with Crippen LogP contribution in [0.25, 0.3) is 6.08 Å². The van der Waals surface area contributed by atoms with Gasteiger partial charge in [-0.3, -0.25) is 19.3 Å². The zero-order valence-corrected chi connectivity index (χ0v) is 18.9.